The van der Waals surface area contributed by atoms with Gasteiger partial charge >= 0.3 is 0 Å². The first kappa shape index (κ1) is 17.6. The fourth-order valence-corrected chi connectivity index (χ4v) is 2.54. The van der Waals surface area contributed by atoms with E-state index in [9.17, 15) is 19.7 Å². The molecule has 0 bridgehead atoms. The van der Waals surface area contributed by atoms with Crippen molar-refractivity contribution in [2.75, 3.05) is 6.61 Å². The van der Waals surface area contributed by atoms with E-state index in [2.05, 4.69) is 10.5 Å². The molecule has 1 aliphatic carbocycles. The summed E-state index contributed by atoms with van der Waals surface area (Å²) in [6, 6.07) is 10.6. The third-order valence-electron chi connectivity index (χ3n) is 3.65. The van der Waals surface area contributed by atoms with Gasteiger partial charge in [-0.3, -0.25) is 19.7 Å². The molecule has 0 radical (unpaired) electrons. The minimum Gasteiger partial charge on any atom is -0.484 e. The van der Waals surface area contributed by atoms with Crippen LogP contribution in [0.4, 0.5) is 5.69 Å². The van der Waals surface area contributed by atoms with Crippen LogP contribution >= 0.6 is 11.6 Å². The first-order valence-corrected chi connectivity index (χ1v) is 7.87. The molecule has 8 nitrogen and oxygen atoms in total. The Balaban J connectivity index is 1.67. The molecule has 0 unspecified atom stereocenters. The Morgan fingerprint density at radius 1 is 1.27 bits per heavy atom. The zero-order valence-electron chi connectivity index (χ0n) is 13.3. The van der Waals surface area contributed by atoms with Crippen molar-refractivity contribution in [1.29, 1.82) is 0 Å². The first-order valence-electron chi connectivity index (χ1n) is 7.50. The molecular formula is C17H12ClN3O5. The van der Waals surface area contributed by atoms with Gasteiger partial charge in [0.05, 0.1) is 4.92 Å². The molecule has 0 aliphatic heterocycles. The molecule has 1 N–H and O–H groups in total. The average molecular weight is 374 g/mol. The van der Waals surface area contributed by atoms with Gasteiger partial charge in [-0.2, -0.15) is 5.10 Å². The summed E-state index contributed by atoms with van der Waals surface area (Å²) >= 11 is 5.76. The minimum absolute atomic E-state index is 0.0106. The van der Waals surface area contributed by atoms with Crippen LogP contribution in [0.2, 0.25) is 5.02 Å². The maximum atomic E-state index is 12.0. The highest BCUT2D eigenvalue weighted by atomic mass is 35.5. The van der Waals surface area contributed by atoms with Crippen LogP contribution in [0.25, 0.3) is 0 Å². The van der Waals surface area contributed by atoms with Gasteiger partial charge in [0.15, 0.2) is 12.4 Å². The summed E-state index contributed by atoms with van der Waals surface area (Å²) in [6.07, 6.45) is 0.0866. The largest absolute Gasteiger partial charge is 0.484 e. The summed E-state index contributed by atoms with van der Waals surface area (Å²) in [5, 5.41) is 15.2. The highest BCUT2D eigenvalue weighted by molar-refractivity contribution is 6.49. The molecule has 9 heteroatoms. The number of hydrogen-bond donors (Lipinski definition) is 1. The van der Waals surface area contributed by atoms with Gasteiger partial charge in [0.2, 0.25) is 0 Å². The van der Waals surface area contributed by atoms with Gasteiger partial charge in [-0.1, -0.05) is 17.7 Å². The van der Waals surface area contributed by atoms with Crippen LogP contribution in [0, 0.1) is 10.1 Å². The summed E-state index contributed by atoms with van der Waals surface area (Å²) in [6.45, 7) is -0.311. The Kier molecular flexibility index (Phi) is 4.94. The number of nitrogens with one attached hydrogen (secondary N) is 1. The molecule has 2 aromatic carbocycles. The summed E-state index contributed by atoms with van der Waals surface area (Å²) in [5.74, 6) is -0.436. The van der Waals surface area contributed by atoms with Crippen LogP contribution in [0.15, 0.2) is 47.6 Å². The molecule has 3 rings (SSSR count). The summed E-state index contributed by atoms with van der Waals surface area (Å²) in [5.41, 5.74) is 3.05. The average Bonchev–Trinajstić information content (AvgIpc) is 2.93. The molecular weight excluding hydrogens is 362 g/mol. The van der Waals surface area contributed by atoms with Crippen molar-refractivity contribution in [2.45, 2.75) is 6.42 Å². The third-order valence-corrected chi connectivity index (χ3v) is 3.90. The number of carbonyl (C=O) groups excluding carboxylic acids is 2. The van der Waals surface area contributed by atoms with E-state index in [0.29, 0.717) is 21.9 Å². The Bertz CT molecular complexity index is 924. The van der Waals surface area contributed by atoms with E-state index in [4.69, 9.17) is 16.3 Å². The number of nitrogens with zero attached hydrogens (tertiary/aromatic N) is 2. The number of hydrogen-bond acceptors (Lipinski definition) is 6. The number of fused-ring (bicyclic) bond motifs is 1. The van der Waals surface area contributed by atoms with Crippen molar-refractivity contribution in [2.24, 2.45) is 5.10 Å². The zero-order valence-corrected chi connectivity index (χ0v) is 14.0. The maximum absolute atomic E-state index is 12.0. The van der Waals surface area contributed by atoms with Crippen molar-refractivity contribution in [1.82, 2.24) is 5.43 Å². The monoisotopic (exact) mass is 373 g/mol. The number of ether oxygens (including phenoxy) is 1. The predicted octanol–water partition coefficient (Wildman–Crippen LogP) is 2.27. The number of nitro groups is 1. The second-order valence-electron chi connectivity index (χ2n) is 5.44. The number of hydrazone groups is 1. The molecule has 0 saturated heterocycles. The van der Waals surface area contributed by atoms with E-state index in [0.717, 1.165) is 0 Å². The van der Waals surface area contributed by atoms with Crippen molar-refractivity contribution in [3.63, 3.8) is 0 Å². The van der Waals surface area contributed by atoms with Gasteiger partial charge in [0, 0.05) is 29.1 Å². The van der Waals surface area contributed by atoms with Crippen molar-refractivity contribution < 1.29 is 19.2 Å². The van der Waals surface area contributed by atoms with E-state index in [1.54, 1.807) is 24.3 Å². The van der Waals surface area contributed by atoms with Crippen molar-refractivity contribution in [3.05, 3.63) is 68.7 Å². The summed E-state index contributed by atoms with van der Waals surface area (Å²) < 4.78 is 5.27. The molecule has 1 amide bonds. The van der Waals surface area contributed by atoms with Gasteiger partial charge in [-0.05, 0) is 29.8 Å². The first-order chi connectivity index (χ1) is 12.4. The van der Waals surface area contributed by atoms with Crippen LogP contribution in [0.1, 0.15) is 11.1 Å². The molecule has 0 saturated carbocycles. The normalized spacial score (nSPS) is 14.2. The molecule has 0 heterocycles. The molecule has 2 aromatic rings. The second kappa shape index (κ2) is 7.32. The molecule has 1 aliphatic rings. The Hall–Kier alpha value is -3.26. The lowest BCUT2D eigenvalue weighted by molar-refractivity contribution is -0.384. The smallest absolute Gasteiger partial charge is 0.277 e. The SMILES string of the molecule is O=C(COc1ccc(Cl)cc1)NN=C1C(=O)Cc2ccc([N+](=O)[O-])cc21. The molecule has 132 valence electrons. The number of non-ortho nitro benzene ring substituents is 1. The lowest BCUT2D eigenvalue weighted by Crippen LogP contribution is -2.27. The predicted molar refractivity (Wildman–Crippen MR) is 93.4 cm³/mol. The zero-order chi connectivity index (χ0) is 18.7. The molecule has 0 atom stereocenters. The number of ketones is 1. The number of halogens is 1. The van der Waals surface area contributed by atoms with Gasteiger partial charge in [-0.15, -0.1) is 0 Å². The fourth-order valence-electron chi connectivity index (χ4n) is 2.41. The maximum Gasteiger partial charge on any atom is 0.277 e. The van der Waals surface area contributed by atoms with Crippen LogP contribution in [0.3, 0.4) is 0 Å². The Morgan fingerprint density at radius 2 is 2.00 bits per heavy atom. The van der Waals surface area contributed by atoms with Crippen molar-refractivity contribution in [3.8, 4) is 5.75 Å². The highest BCUT2D eigenvalue weighted by Crippen LogP contribution is 2.24. The van der Waals surface area contributed by atoms with Gasteiger partial charge in [0.1, 0.15) is 11.5 Å². The highest BCUT2D eigenvalue weighted by Gasteiger charge is 2.28. The lowest BCUT2D eigenvalue weighted by Gasteiger charge is -2.05. The van der Waals surface area contributed by atoms with E-state index in [1.807, 2.05) is 0 Å². The lowest BCUT2D eigenvalue weighted by atomic mass is 10.1. The van der Waals surface area contributed by atoms with E-state index >= 15 is 0 Å². The number of Topliss-reactive ketones (excluding diaryl/α,β-unsaturated/α-hetero) is 1. The number of amides is 1. The van der Waals surface area contributed by atoms with E-state index in [-0.39, 0.29) is 30.2 Å². The van der Waals surface area contributed by atoms with Crippen molar-refractivity contribution >= 4 is 34.7 Å². The van der Waals surface area contributed by atoms with Crippen LogP contribution in [0.5, 0.6) is 5.75 Å². The Labute approximate surface area is 152 Å². The third kappa shape index (κ3) is 3.86. The fraction of sp³-hybridized carbons (Fsp3) is 0.118. The summed E-state index contributed by atoms with van der Waals surface area (Å²) in [7, 11) is 0. The quantitative estimate of drug-likeness (QED) is 0.638. The van der Waals surface area contributed by atoms with Gasteiger partial charge < -0.3 is 4.74 Å². The van der Waals surface area contributed by atoms with E-state index in [1.165, 1.54) is 18.2 Å². The number of nitro benzene ring substituents is 1. The number of carbonyl (C=O) groups is 2. The van der Waals surface area contributed by atoms with E-state index < -0.39 is 10.8 Å². The van der Waals surface area contributed by atoms with Gasteiger partial charge in [-0.25, -0.2) is 5.43 Å². The van der Waals surface area contributed by atoms with Gasteiger partial charge in [0.25, 0.3) is 11.6 Å². The standard InChI is InChI=1S/C17H12ClN3O5/c18-11-2-5-13(6-3-11)26-9-16(23)19-20-17-14-8-12(21(24)25)4-1-10(14)7-15(17)22/h1-6,8H,7,9H2,(H,19,23). The summed E-state index contributed by atoms with van der Waals surface area (Å²) in [4.78, 5) is 34.2. The molecule has 0 aromatic heterocycles. The number of rotatable bonds is 5. The van der Waals surface area contributed by atoms with Crippen LogP contribution < -0.4 is 10.2 Å². The molecule has 0 spiro atoms. The molecule has 0 fully saturated rings. The van der Waals surface area contributed by atoms with Crippen LogP contribution in [-0.4, -0.2) is 28.9 Å². The topological polar surface area (TPSA) is 111 Å². The van der Waals surface area contributed by atoms with Crippen LogP contribution in [-0.2, 0) is 16.0 Å². The number of benzene rings is 2. The Morgan fingerprint density at radius 3 is 2.69 bits per heavy atom. The molecule has 26 heavy (non-hydrogen) atoms. The minimum atomic E-state index is -0.570. The second-order valence-corrected chi connectivity index (χ2v) is 5.87.